The van der Waals surface area contributed by atoms with Gasteiger partial charge in [0, 0.05) is 11.1 Å². The largest absolute Gasteiger partial charge is 0.493 e. The number of para-hydroxylation sites is 1. The molecule has 0 aliphatic carbocycles. The summed E-state index contributed by atoms with van der Waals surface area (Å²) in [5, 5.41) is 2.70. The fourth-order valence-electron chi connectivity index (χ4n) is 2.22. The van der Waals surface area contributed by atoms with E-state index in [4.69, 9.17) is 9.47 Å². The Bertz CT molecular complexity index is 831. The van der Waals surface area contributed by atoms with E-state index < -0.39 is 11.9 Å². The molecule has 0 aromatic heterocycles. The van der Waals surface area contributed by atoms with Crippen molar-refractivity contribution in [1.82, 2.24) is 0 Å². The number of carbonyl (C=O) groups excluding carboxylic acids is 3. The molecule has 2 aromatic rings. The van der Waals surface area contributed by atoms with Crippen LogP contribution in [0.25, 0.3) is 0 Å². The molecule has 1 N–H and O–H groups in total. The van der Waals surface area contributed by atoms with Gasteiger partial charge < -0.3 is 19.5 Å². The maximum atomic E-state index is 12.5. The van der Waals surface area contributed by atoms with Crippen molar-refractivity contribution in [3.63, 3.8) is 0 Å². The fraction of sp³-hybridized carbons (Fsp3) is 0.211. The Labute approximate surface area is 150 Å². The van der Waals surface area contributed by atoms with E-state index in [1.165, 1.54) is 27.2 Å². The lowest BCUT2D eigenvalue weighted by Gasteiger charge is -2.13. The highest BCUT2D eigenvalue weighted by atomic mass is 16.6. The summed E-state index contributed by atoms with van der Waals surface area (Å²) in [7, 11) is 2.70. The quantitative estimate of drug-likeness (QED) is 0.605. The van der Waals surface area contributed by atoms with Gasteiger partial charge >= 0.3 is 5.97 Å². The van der Waals surface area contributed by atoms with Crippen LogP contribution in [0.3, 0.4) is 0 Å². The van der Waals surface area contributed by atoms with Crippen molar-refractivity contribution in [3.8, 4) is 11.5 Å². The first kappa shape index (κ1) is 19.0. The summed E-state index contributed by atoms with van der Waals surface area (Å²) in [4.78, 5) is 35.4. The predicted octanol–water partition coefficient (Wildman–Crippen LogP) is 2.70. The molecular formula is C19H19NO6. The van der Waals surface area contributed by atoms with Crippen molar-refractivity contribution < 1.29 is 28.6 Å². The van der Waals surface area contributed by atoms with Crippen molar-refractivity contribution in [3.05, 3.63) is 53.6 Å². The normalized spacial score (nSPS) is 9.96. The topological polar surface area (TPSA) is 90.9 Å². The third kappa shape index (κ3) is 4.60. The van der Waals surface area contributed by atoms with Crippen LogP contribution in [-0.4, -0.2) is 38.5 Å². The molecule has 0 fully saturated rings. The number of hydrogen-bond donors (Lipinski definition) is 1. The molecule has 0 saturated carbocycles. The molecule has 2 rings (SSSR count). The van der Waals surface area contributed by atoms with Gasteiger partial charge in [-0.2, -0.15) is 0 Å². The van der Waals surface area contributed by atoms with E-state index in [0.717, 1.165) is 0 Å². The number of hydrogen-bond acceptors (Lipinski definition) is 6. The number of ether oxygens (including phenoxy) is 3. The highest BCUT2D eigenvalue weighted by Crippen LogP contribution is 2.28. The monoisotopic (exact) mass is 357 g/mol. The summed E-state index contributed by atoms with van der Waals surface area (Å²) >= 11 is 0. The van der Waals surface area contributed by atoms with E-state index in [1.54, 1.807) is 36.4 Å². The van der Waals surface area contributed by atoms with Crippen LogP contribution in [-0.2, 0) is 9.53 Å². The Morgan fingerprint density at radius 1 is 1.00 bits per heavy atom. The van der Waals surface area contributed by atoms with Crippen LogP contribution in [0.1, 0.15) is 27.6 Å². The molecule has 1 amide bonds. The Kier molecular flexibility index (Phi) is 6.32. The summed E-state index contributed by atoms with van der Waals surface area (Å²) < 4.78 is 15.0. The maximum Gasteiger partial charge on any atom is 0.343 e. The molecule has 136 valence electrons. The lowest BCUT2D eigenvalue weighted by molar-refractivity contribution is -0.142. The van der Waals surface area contributed by atoms with Crippen molar-refractivity contribution >= 4 is 23.3 Å². The standard InChI is InChI=1S/C19H19NO6/c1-12(21)14-6-4-5-7-15(14)20-19(23)13-8-9-16(24-2)17(10-13)26-11-18(22)25-3/h4-10H,11H2,1-3H3,(H,20,23). The highest BCUT2D eigenvalue weighted by Gasteiger charge is 2.15. The van der Waals surface area contributed by atoms with Gasteiger partial charge in [0.2, 0.25) is 0 Å². The highest BCUT2D eigenvalue weighted by molar-refractivity contribution is 6.09. The summed E-state index contributed by atoms with van der Waals surface area (Å²) in [6.07, 6.45) is 0. The van der Waals surface area contributed by atoms with Crippen molar-refractivity contribution in [2.24, 2.45) is 0 Å². The Morgan fingerprint density at radius 2 is 1.73 bits per heavy atom. The van der Waals surface area contributed by atoms with Gasteiger partial charge in [-0.3, -0.25) is 9.59 Å². The number of ketones is 1. The first-order valence-corrected chi connectivity index (χ1v) is 7.75. The number of methoxy groups -OCH3 is 2. The van der Waals surface area contributed by atoms with E-state index in [-0.39, 0.29) is 23.7 Å². The van der Waals surface area contributed by atoms with Crippen molar-refractivity contribution in [2.75, 3.05) is 26.1 Å². The number of amides is 1. The first-order chi connectivity index (χ1) is 12.5. The number of nitrogens with one attached hydrogen (secondary N) is 1. The molecule has 7 heteroatoms. The molecular weight excluding hydrogens is 338 g/mol. The number of rotatable bonds is 7. The zero-order valence-corrected chi connectivity index (χ0v) is 14.7. The lowest BCUT2D eigenvalue weighted by Crippen LogP contribution is -2.16. The zero-order chi connectivity index (χ0) is 19.1. The third-order valence-electron chi connectivity index (χ3n) is 3.55. The smallest absolute Gasteiger partial charge is 0.343 e. The second-order valence-corrected chi connectivity index (χ2v) is 5.29. The number of esters is 1. The van der Waals surface area contributed by atoms with Crippen LogP contribution < -0.4 is 14.8 Å². The van der Waals surface area contributed by atoms with Gasteiger partial charge in [-0.15, -0.1) is 0 Å². The molecule has 26 heavy (non-hydrogen) atoms. The second-order valence-electron chi connectivity index (χ2n) is 5.29. The van der Waals surface area contributed by atoms with Gasteiger partial charge in [-0.05, 0) is 37.3 Å². The van der Waals surface area contributed by atoms with E-state index in [0.29, 0.717) is 17.0 Å². The number of anilines is 1. The lowest BCUT2D eigenvalue weighted by atomic mass is 10.1. The molecule has 0 saturated heterocycles. The van der Waals surface area contributed by atoms with Crippen LogP contribution in [0.2, 0.25) is 0 Å². The molecule has 0 radical (unpaired) electrons. The van der Waals surface area contributed by atoms with Gasteiger partial charge in [-0.25, -0.2) is 4.79 Å². The van der Waals surface area contributed by atoms with Crippen molar-refractivity contribution in [1.29, 1.82) is 0 Å². The number of carbonyl (C=O) groups is 3. The average Bonchev–Trinajstić information content (AvgIpc) is 2.65. The van der Waals surface area contributed by atoms with E-state index >= 15 is 0 Å². The summed E-state index contributed by atoms with van der Waals surface area (Å²) in [5.41, 5.74) is 1.11. The first-order valence-electron chi connectivity index (χ1n) is 7.75. The zero-order valence-electron chi connectivity index (χ0n) is 14.7. The van der Waals surface area contributed by atoms with E-state index in [1.807, 2.05) is 0 Å². The van der Waals surface area contributed by atoms with Crippen LogP contribution >= 0.6 is 0 Å². The molecule has 0 spiro atoms. The average molecular weight is 357 g/mol. The molecule has 0 aliphatic rings. The van der Waals surface area contributed by atoms with Crippen LogP contribution in [0, 0.1) is 0 Å². The maximum absolute atomic E-state index is 12.5. The van der Waals surface area contributed by atoms with Crippen LogP contribution in [0.5, 0.6) is 11.5 Å². The summed E-state index contributed by atoms with van der Waals surface area (Å²) in [5.74, 6) is -0.542. The molecule has 0 atom stereocenters. The van der Waals surface area contributed by atoms with E-state index in [2.05, 4.69) is 10.1 Å². The molecule has 2 aromatic carbocycles. The Morgan fingerprint density at radius 3 is 2.38 bits per heavy atom. The fourth-order valence-corrected chi connectivity index (χ4v) is 2.22. The van der Waals surface area contributed by atoms with Gasteiger partial charge in [0.15, 0.2) is 23.9 Å². The second kappa shape index (κ2) is 8.66. The molecule has 0 aliphatic heterocycles. The predicted molar refractivity (Wildman–Crippen MR) is 94.9 cm³/mol. The minimum absolute atomic E-state index is 0.155. The minimum atomic E-state index is -0.558. The van der Waals surface area contributed by atoms with Gasteiger partial charge in [0.25, 0.3) is 5.91 Å². The molecule has 0 unspecified atom stereocenters. The Hall–Kier alpha value is -3.35. The van der Waals surface area contributed by atoms with Gasteiger partial charge in [0.1, 0.15) is 0 Å². The third-order valence-corrected chi connectivity index (χ3v) is 3.55. The minimum Gasteiger partial charge on any atom is -0.493 e. The van der Waals surface area contributed by atoms with Crippen molar-refractivity contribution in [2.45, 2.75) is 6.92 Å². The Balaban J connectivity index is 2.24. The molecule has 7 nitrogen and oxygen atoms in total. The van der Waals surface area contributed by atoms with Crippen LogP contribution in [0.15, 0.2) is 42.5 Å². The number of Topliss-reactive ketones (excluding diaryl/α,β-unsaturated/α-hetero) is 1. The van der Waals surface area contributed by atoms with Gasteiger partial charge in [-0.1, -0.05) is 12.1 Å². The van der Waals surface area contributed by atoms with Gasteiger partial charge in [0.05, 0.1) is 19.9 Å². The molecule has 0 bridgehead atoms. The van der Waals surface area contributed by atoms with Crippen LogP contribution in [0.4, 0.5) is 5.69 Å². The van der Waals surface area contributed by atoms with E-state index in [9.17, 15) is 14.4 Å². The molecule has 0 heterocycles. The SMILES string of the molecule is COC(=O)COc1cc(C(=O)Nc2ccccc2C(C)=O)ccc1OC. The number of benzene rings is 2. The summed E-state index contributed by atoms with van der Waals surface area (Å²) in [6, 6.07) is 11.3. The summed E-state index contributed by atoms with van der Waals surface area (Å²) in [6.45, 7) is 1.11.